The van der Waals surface area contributed by atoms with Crippen molar-refractivity contribution in [3.05, 3.63) is 0 Å². The molecule has 0 bridgehead atoms. The average molecular weight is 122 g/mol. The summed E-state index contributed by atoms with van der Waals surface area (Å²) in [6.07, 6.45) is 0. The van der Waals surface area contributed by atoms with Gasteiger partial charge < -0.3 is 0 Å². The van der Waals surface area contributed by atoms with Crippen LogP contribution in [0.15, 0.2) is 0 Å². The second-order valence-electron chi connectivity index (χ2n) is 0. The molecule has 0 unspecified atom stereocenters. The van der Waals surface area contributed by atoms with E-state index in [0.717, 1.165) is 0 Å². The third-order valence-electron chi connectivity index (χ3n) is 0. The van der Waals surface area contributed by atoms with Crippen LogP contribution >= 0.6 is 0 Å². The van der Waals surface area contributed by atoms with Crippen LogP contribution < -0.4 is 0 Å². The van der Waals surface area contributed by atoms with Crippen LogP contribution in [-0.2, 0) is 0 Å². The zero-order valence-corrected chi connectivity index (χ0v) is 0.894. The quantitative estimate of drug-likeness (QED) is 0.223. The molecule has 20 valence electrons. The maximum absolute atomic E-state index is 6.00. The molecule has 0 radical (unpaired) electrons. The molecule has 0 heterocycles. The van der Waals surface area contributed by atoms with Gasteiger partial charge in [0.25, 0.3) is 0 Å². The zero-order valence-electron chi connectivity index (χ0n) is 0.894. The zero-order chi connectivity index (χ0) is 2.00. The second-order valence-corrected chi connectivity index (χ2v) is 0. The van der Waals surface area contributed by atoms with Gasteiger partial charge in [0.05, 0.1) is 0 Å². The molecule has 0 saturated heterocycles. The van der Waals surface area contributed by atoms with Crippen molar-refractivity contribution in [3.8, 4) is 0 Å². The molecular formula is H5KNa2O2. The van der Waals surface area contributed by atoms with E-state index >= 15 is 0 Å². The topological polar surface area (TPSA) is 40.5 Å². The van der Waals surface area contributed by atoms with E-state index in [1.807, 2.05) is 0 Å². The van der Waals surface area contributed by atoms with Crippen LogP contribution in [0.2, 0.25) is 0 Å². The summed E-state index contributed by atoms with van der Waals surface area (Å²) in [4.78, 5) is 0. The van der Waals surface area contributed by atoms with E-state index in [9.17, 15) is 0 Å². The molecule has 0 saturated carbocycles. The van der Waals surface area contributed by atoms with Crippen LogP contribution in [0.25, 0.3) is 0 Å². The SMILES string of the molecule is OO.[KH].[NaH].[NaH]. The normalized spacial score (nSPS) is 1.20. The molecule has 0 aliphatic rings. The molecule has 0 rings (SSSR count). The Hall–Kier alpha value is 3.56. The van der Waals surface area contributed by atoms with E-state index in [0.29, 0.717) is 0 Å². The van der Waals surface area contributed by atoms with Gasteiger partial charge in [0.1, 0.15) is 0 Å². The molecule has 0 aliphatic heterocycles. The van der Waals surface area contributed by atoms with E-state index in [2.05, 4.69) is 0 Å². The molecule has 5 heavy (non-hydrogen) atoms. The Kier molecular flexibility index (Phi) is 121. The summed E-state index contributed by atoms with van der Waals surface area (Å²) in [6.45, 7) is 0. The maximum atomic E-state index is 6.00. The minimum atomic E-state index is 0. The molecule has 5 heteroatoms. The van der Waals surface area contributed by atoms with Gasteiger partial charge >= 0.3 is 110 Å². The van der Waals surface area contributed by atoms with Crippen molar-refractivity contribution in [2.75, 3.05) is 0 Å². The molecule has 0 aromatic rings. The fraction of sp³-hybridized carbons (Fsp3) is 0. The Morgan fingerprint density at radius 3 is 0.800 bits per heavy atom. The molecule has 0 fully saturated rings. The van der Waals surface area contributed by atoms with E-state index in [4.69, 9.17) is 10.5 Å². The fourth-order valence-corrected chi connectivity index (χ4v) is 0. The minimum absolute atomic E-state index is 0. The standard InChI is InChI=1S/K.2Na.H2O2.3H/c;;;1-2;;;/h;;;1-2H;;;. The van der Waals surface area contributed by atoms with Gasteiger partial charge in [0, 0.05) is 0 Å². The van der Waals surface area contributed by atoms with Gasteiger partial charge in [-0.15, -0.1) is 0 Å². The van der Waals surface area contributed by atoms with E-state index < -0.39 is 0 Å². The first kappa shape index (κ1) is 23.5. The number of rotatable bonds is 0. The monoisotopic (exact) mass is 122 g/mol. The molecule has 2 N–H and O–H groups in total. The average Bonchev–Trinajstić information content (AvgIpc) is 1.00. The molecular weight excluding hydrogens is 117 g/mol. The van der Waals surface area contributed by atoms with Crippen LogP contribution in [-0.4, -0.2) is 121 Å². The molecule has 0 spiro atoms. The van der Waals surface area contributed by atoms with E-state index in [1.165, 1.54) is 0 Å². The van der Waals surface area contributed by atoms with Gasteiger partial charge in [-0.25, -0.2) is 0 Å². The van der Waals surface area contributed by atoms with Crippen molar-refractivity contribution >= 4 is 110 Å². The van der Waals surface area contributed by atoms with Crippen LogP contribution in [0, 0.1) is 0 Å². The Morgan fingerprint density at radius 2 is 0.800 bits per heavy atom. The van der Waals surface area contributed by atoms with Crippen molar-refractivity contribution in [2.24, 2.45) is 0 Å². The first-order chi connectivity index (χ1) is 1.00. The summed E-state index contributed by atoms with van der Waals surface area (Å²) < 4.78 is 0. The summed E-state index contributed by atoms with van der Waals surface area (Å²) in [5.41, 5.74) is 0. The Bertz CT molecular complexity index is 7.61. The van der Waals surface area contributed by atoms with Gasteiger partial charge in [0.2, 0.25) is 0 Å². The first-order valence-electron chi connectivity index (χ1n) is 0.200. The molecule has 0 aromatic heterocycles. The molecule has 0 atom stereocenters. The van der Waals surface area contributed by atoms with Crippen molar-refractivity contribution in [1.82, 2.24) is 0 Å². The first-order valence-corrected chi connectivity index (χ1v) is 0.200. The van der Waals surface area contributed by atoms with Crippen molar-refractivity contribution < 1.29 is 10.5 Å². The summed E-state index contributed by atoms with van der Waals surface area (Å²) in [5, 5.41) is 12.0. The van der Waals surface area contributed by atoms with Crippen LogP contribution in [0.5, 0.6) is 0 Å². The fourth-order valence-electron chi connectivity index (χ4n) is 0. The van der Waals surface area contributed by atoms with Crippen molar-refractivity contribution in [1.29, 1.82) is 0 Å². The Balaban J connectivity index is -0.00000000167. The number of hydrogen-bond donors (Lipinski definition) is 2. The van der Waals surface area contributed by atoms with Crippen LogP contribution in [0.3, 0.4) is 0 Å². The molecule has 0 aliphatic carbocycles. The van der Waals surface area contributed by atoms with Crippen molar-refractivity contribution in [2.45, 2.75) is 0 Å². The predicted molar refractivity (Wildman–Crippen MR) is 26.7 cm³/mol. The summed E-state index contributed by atoms with van der Waals surface area (Å²) in [5.74, 6) is 0. The van der Waals surface area contributed by atoms with E-state index in [-0.39, 0.29) is 110 Å². The summed E-state index contributed by atoms with van der Waals surface area (Å²) in [6, 6.07) is 0. The van der Waals surface area contributed by atoms with Gasteiger partial charge in [-0.05, 0) is 0 Å². The second kappa shape index (κ2) is 25.7. The van der Waals surface area contributed by atoms with Gasteiger partial charge in [-0.1, -0.05) is 0 Å². The van der Waals surface area contributed by atoms with Gasteiger partial charge in [-0.3, -0.25) is 10.5 Å². The summed E-state index contributed by atoms with van der Waals surface area (Å²) >= 11 is 0. The summed E-state index contributed by atoms with van der Waals surface area (Å²) in [7, 11) is 0. The third kappa shape index (κ3) is 18.4. The molecule has 0 aromatic carbocycles. The Morgan fingerprint density at radius 1 is 0.800 bits per heavy atom. The van der Waals surface area contributed by atoms with Gasteiger partial charge in [0.15, 0.2) is 0 Å². The predicted octanol–water partition coefficient (Wildman–Crippen LogP) is -1.93. The van der Waals surface area contributed by atoms with Crippen molar-refractivity contribution in [3.63, 3.8) is 0 Å². The third-order valence-corrected chi connectivity index (χ3v) is 0. The van der Waals surface area contributed by atoms with E-state index in [1.54, 1.807) is 0 Å². The van der Waals surface area contributed by atoms with Gasteiger partial charge in [-0.2, -0.15) is 0 Å². The van der Waals surface area contributed by atoms with Crippen LogP contribution in [0.1, 0.15) is 0 Å². The Labute approximate surface area is 118 Å². The van der Waals surface area contributed by atoms with Crippen LogP contribution in [0.4, 0.5) is 0 Å². The molecule has 2 nitrogen and oxygen atoms in total. The molecule has 0 amide bonds. The number of hydrogen-bond acceptors (Lipinski definition) is 2.